The van der Waals surface area contributed by atoms with E-state index >= 15 is 0 Å². The molecule has 0 aliphatic heterocycles. The fraction of sp³-hybridized carbons (Fsp3) is 0.250. The number of hydrogen-bond acceptors (Lipinski definition) is 3. The highest BCUT2D eigenvalue weighted by Crippen LogP contribution is 2.33. The minimum Gasteiger partial charge on any atom is -0.269 e. The molecular formula is C12H13F3N4O2S. The van der Waals surface area contributed by atoms with Crippen LogP contribution in [0.15, 0.2) is 36.7 Å². The van der Waals surface area contributed by atoms with Crippen molar-refractivity contribution in [2.75, 3.05) is 18.8 Å². The third-order valence-corrected chi connectivity index (χ3v) is 4.23. The average molecular weight is 334 g/mol. The lowest BCUT2D eigenvalue weighted by Crippen LogP contribution is -2.29. The van der Waals surface area contributed by atoms with E-state index in [0.29, 0.717) is 0 Å². The minimum atomic E-state index is -4.58. The van der Waals surface area contributed by atoms with E-state index < -0.39 is 21.9 Å². The van der Waals surface area contributed by atoms with Crippen LogP contribution in [0.25, 0.3) is 5.69 Å². The van der Waals surface area contributed by atoms with Crippen LogP contribution in [0, 0.1) is 0 Å². The van der Waals surface area contributed by atoms with Gasteiger partial charge in [-0.25, -0.2) is 4.68 Å². The molecule has 0 aliphatic carbocycles. The number of anilines is 1. The molecule has 0 radical (unpaired) electrons. The van der Waals surface area contributed by atoms with Crippen molar-refractivity contribution in [1.29, 1.82) is 0 Å². The summed E-state index contributed by atoms with van der Waals surface area (Å²) in [6, 6.07) is 4.33. The lowest BCUT2D eigenvalue weighted by atomic mass is 10.1. The fourth-order valence-corrected chi connectivity index (χ4v) is 2.26. The number of alkyl halides is 3. The Hall–Kier alpha value is -2.07. The van der Waals surface area contributed by atoms with Gasteiger partial charge in [0.2, 0.25) is 0 Å². The second-order valence-corrected chi connectivity index (χ2v) is 6.45. The summed E-state index contributed by atoms with van der Waals surface area (Å²) in [5.41, 5.74) is -0.990. The van der Waals surface area contributed by atoms with Gasteiger partial charge in [-0.2, -0.15) is 31.0 Å². The molecular weight excluding hydrogens is 321 g/mol. The molecule has 10 heteroatoms. The third-order valence-electron chi connectivity index (χ3n) is 2.79. The molecule has 0 saturated carbocycles. The van der Waals surface area contributed by atoms with Crippen LogP contribution in [0.2, 0.25) is 0 Å². The monoisotopic (exact) mass is 334 g/mol. The molecule has 6 nitrogen and oxygen atoms in total. The highest BCUT2D eigenvalue weighted by Gasteiger charge is 2.31. The van der Waals surface area contributed by atoms with Gasteiger partial charge in [-0.1, -0.05) is 0 Å². The molecule has 0 aliphatic rings. The first kappa shape index (κ1) is 16.3. The highest BCUT2D eigenvalue weighted by molar-refractivity contribution is 7.90. The fourth-order valence-electron chi connectivity index (χ4n) is 1.64. The van der Waals surface area contributed by atoms with Gasteiger partial charge in [0.15, 0.2) is 0 Å². The van der Waals surface area contributed by atoms with Crippen LogP contribution in [0.5, 0.6) is 0 Å². The van der Waals surface area contributed by atoms with Crippen LogP contribution in [0.1, 0.15) is 5.56 Å². The van der Waals surface area contributed by atoms with Gasteiger partial charge in [-0.05, 0) is 24.3 Å². The van der Waals surface area contributed by atoms with Crippen molar-refractivity contribution in [3.05, 3.63) is 42.2 Å². The normalized spacial score (nSPS) is 12.6. The van der Waals surface area contributed by atoms with Crippen LogP contribution in [0.4, 0.5) is 18.9 Å². The summed E-state index contributed by atoms with van der Waals surface area (Å²) in [6.07, 6.45) is -1.65. The summed E-state index contributed by atoms with van der Waals surface area (Å²) < 4.78 is 66.5. The summed E-state index contributed by atoms with van der Waals surface area (Å²) in [5, 5.41) is 3.90. The largest absolute Gasteiger partial charge is 0.416 e. The van der Waals surface area contributed by atoms with E-state index in [9.17, 15) is 21.6 Å². The van der Waals surface area contributed by atoms with Crippen molar-refractivity contribution in [3.8, 4) is 5.69 Å². The van der Waals surface area contributed by atoms with Gasteiger partial charge < -0.3 is 0 Å². The number of rotatable bonds is 4. The second kappa shape index (κ2) is 5.61. The smallest absolute Gasteiger partial charge is 0.269 e. The lowest BCUT2D eigenvalue weighted by Gasteiger charge is -2.18. The quantitative estimate of drug-likeness (QED) is 0.931. The molecule has 0 fully saturated rings. The Morgan fingerprint density at radius 2 is 1.95 bits per heavy atom. The molecule has 0 spiro atoms. The number of halogens is 3. The van der Waals surface area contributed by atoms with Gasteiger partial charge in [-0.15, -0.1) is 0 Å². The Balaban J connectivity index is 2.56. The van der Waals surface area contributed by atoms with E-state index in [0.717, 1.165) is 22.5 Å². The maximum Gasteiger partial charge on any atom is 0.416 e. The zero-order valence-electron chi connectivity index (χ0n) is 11.7. The van der Waals surface area contributed by atoms with E-state index in [-0.39, 0.29) is 11.4 Å². The number of hydrogen-bond donors (Lipinski definition) is 1. The molecule has 1 aromatic heterocycles. The van der Waals surface area contributed by atoms with E-state index in [1.807, 2.05) is 0 Å². The zero-order valence-corrected chi connectivity index (χ0v) is 12.5. The molecule has 22 heavy (non-hydrogen) atoms. The summed E-state index contributed by atoms with van der Waals surface area (Å²) in [5.74, 6) is 0. The third kappa shape index (κ3) is 3.39. The predicted octanol–water partition coefficient (Wildman–Crippen LogP) is 2.11. The molecule has 2 aromatic rings. The maximum absolute atomic E-state index is 12.8. The SMILES string of the molecule is CN(C)S(=O)(=O)Nc1cc(C(F)(F)F)ccc1-n1cccn1. The van der Waals surface area contributed by atoms with E-state index in [2.05, 4.69) is 9.82 Å². The Labute approximate surface area is 125 Å². The molecule has 1 heterocycles. The Morgan fingerprint density at radius 3 is 2.45 bits per heavy atom. The summed E-state index contributed by atoms with van der Waals surface area (Å²) in [7, 11) is -1.42. The van der Waals surface area contributed by atoms with Crippen LogP contribution in [-0.2, 0) is 16.4 Å². The summed E-state index contributed by atoms with van der Waals surface area (Å²) in [4.78, 5) is 0. The van der Waals surface area contributed by atoms with Gasteiger partial charge in [0.25, 0.3) is 0 Å². The maximum atomic E-state index is 12.8. The number of benzene rings is 1. The van der Waals surface area contributed by atoms with Gasteiger partial charge >= 0.3 is 16.4 Å². The zero-order chi connectivity index (χ0) is 16.5. The van der Waals surface area contributed by atoms with Gasteiger partial charge in [0.05, 0.1) is 16.9 Å². The van der Waals surface area contributed by atoms with Crippen LogP contribution in [-0.4, -0.2) is 36.6 Å². The first-order chi connectivity index (χ1) is 10.1. The van der Waals surface area contributed by atoms with Crippen LogP contribution >= 0.6 is 0 Å². The number of nitrogens with one attached hydrogen (secondary N) is 1. The van der Waals surface area contributed by atoms with Crippen molar-refractivity contribution in [2.45, 2.75) is 6.18 Å². The van der Waals surface area contributed by atoms with E-state index in [1.54, 1.807) is 6.07 Å². The lowest BCUT2D eigenvalue weighted by molar-refractivity contribution is -0.137. The molecule has 1 N–H and O–H groups in total. The van der Waals surface area contributed by atoms with Crippen molar-refractivity contribution < 1.29 is 21.6 Å². The second-order valence-electron chi connectivity index (χ2n) is 4.57. The summed E-state index contributed by atoms with van der Waals surface area (Å²) >= 11 is 0. The van der Waals surface area contributed by atoms with Gasteiger partial charge in [-0.3, -0.25) is 4.72 Å². The standard InChI is InChI=1S/C12H13F3N4O2S/c1-18(2)22(20,21)17-10-8-9(12(13,14)15)4-5-11(10)19-7-3-6-16-19/h3-8,17H,1-2H3. The average Bonchev–Trinajstić information content (AvgIpc) is 2.90. The van der Waals surface area contributed by atoms with Crippen molar-refractivity contribution in [1.82, 2.24) is 14.1 Å². The molecule has 0 unspecified atom stereocenters. The van der Waals surface area contributed by atoms with Crippen LogP contribution < -0.4 is 4.72 Å². The van der Waals surface area contributed by atoms with Crippen molar-refractivity contribution >= 4 is 15.9 Å². The predicted molar refractivity (Wildman–Crippen MR) is 74.8 cm³/mol. The molecule has 1 aromatic carbocycles. The Kier molecular flexibility index (Phi) is 4.16. The van der Waals surface area contributed by atoms with E-state index in [4.69, 9.17) is 0 Å². The molecule has 0 bridgehead atoms. The molecule has 0 atom stereocenters. The molecule has 0 amide bonds. The first-order valence-corrected chi connectivity index (χ1v) is 7.47. The Bertz CT molecular complexity index is 755. The van der Waals surface area contributed by atoms with Gasteiger partial charge in [0, 0.05) is 26.5 Å². The first-order valence-electron chi connectivity index (χ1n) is 6.03. The van der Waals surface area contributed by atoms with Crippen LogP contribution in [0.3, 0.4) is 0 Å². The summed E-state index contributed by atoms with van der Waals surface area (Å²) in [6.45, 7) is 0. The topological polar surface area (TPSA) is 67.2 Å². The minimum absolute atomic E-state index is 0.184. The highest BCUT2D eigenvalue weighted by atomic mass is 32.2. The number of nitrogens with zero attached hydrogens (tertiary/aromatic N) is 3. The number of aromatic nitrogens is 2. The Morgan fingerprint density at radius 1 is 1.27 bits per heavy atom. The van der Waals surface area contributed by atoms with Gasteiger partial charge in [0.1, 0.15) is 0 Å². The van der Waals surface area contributed by atoms with Crippen molar-refractivity contribution in [3.63, 3.8) is 0 Å². The van der Waals surface area contributed by atoms with Crippen molar-refractivity contribution in [2.24, 2.45) is 0 Å². The molecule has 2 rings (SSSR count). The molecule has 0 saturated heterocycles. The molecule has 120 valence electrons. The van der Waals surface area contributed by atoms with E-state index in [1.165, 1.54) is 31.2 Å².